The van der Waals surface area contributed by atoms with Crippen molar-refractivity contribution in [3.05, 3.63) is 27.3 Å². The molecule has 2 heterocycles. The first-order valence-corrected chi connectivity index (χ1v) is 12.3. The highest BCUT2D eigenvalue weighted by molar-refractivity contribution is 7.66. The van der Waals surface area contributed by atoms with Gasteiger partial charge >= 0.3 is 34.8 Å². The van der Waals surface area contributed by atoms with Gasteiger partial charge in [0.2, 0.25) is 0 Å². The van der Waals surface area contributed by atoms with Gasteiger partial charge in [0, 0.05) is 0 Å². The van der Waals surface area contributed by atoms with Crippen molar-refractivity contribution in [2.45, 2.75) is 31.0 Å². The first-order chi connectivity index (χ1) is 15.2. The van der Waals surface area contributed by atoms with Crippen LogP contribution in [0.5, 0.6) is 0 Å². The van der Waals surface area contributed by atoms with Gasteiger partial charge in [-0.3, -0.25) is 14.1 Å². The molecule has 0 saturated carbocycles. The molecule has 1 aromatic rings. The molecule has 1 saturated heterocycles. The number of H-pyrrole nitrogens is 1. The normalized spacial score (nSPS) is 30.9. The van der Waals surface area contributed by atoms with Gasteiger partial charge in [-0.2, -0.15) is 13.6 Å². The Balaban J connectivity index is 2.41. The minimum absolute atomic E-state index is 0.399. The summed E-state index contributed by atoms with van der Waals surface area (Å²) in [6, 6.07) is 0. The fourth-order valence-electron chi connectivity index (χ4n) is 2.34. The number of nitrogens with one attached hydrogen (secondary N) is 1. The zero-order chi connectivity index (χ0) is 26.3. The van der Waals surface area contributed by atoms with Crippen molar-refractivity contribution in [3.8, 4) is 11.8 Å². The van der Waals surface area contributed by atoms with Crippen molar-refractivity contribution in [2.24, 2.45) is 0 Å². The van der Waals surface area contributed by atoms with Gasteiger partial charge in [0.25, 0.3) is 0 Å². The maximum absolute atomic E-state index is 12.1. The lowest BCUT2D eigenvalue weighted by molar-refractivity contribution is -0.0768. The van der Waals surface area contributed by atoms with Crippen LogP contribution in [0.15, 0.2) is 15.9 Å². The van der Waals surface area contributed by atoms with Gasteiger partial charge in [0.05, 0.1) is 9.30 Å². The van der Waals surface area contributed by atoms with Crippen LogP contribution in [0.25, 0.3) is 0 Å². The van der Waals surface area contributed by atoms with Crippen molar-refractivity contribution in [3.63, 3.8) is 0 Å². The van der Waals surface area contributed by atoms with E-state index in [1.807, 2.05) is 0 Å². The number of hydrogen-bond donors (Lipinski definition) is 7. The molecule has 1 fully saturated rings. The number of hydrogen-bond acceptors (Lipinski definition) is 12. The van der Waals surface area contributed by atoms with E-state index in [4.69, 9.17) is 22.2 Å². The molecule has 0 bridgehead atoms. The minimum atomic E-state index is -6.06. The lowest BCUT2D eigenvalue weighted by atomic mass is 9.94. The van der Waals surface area contributed by atoms with E-state index in [9.17, 15) is 38.4 Å². The Bertz CT molecular complexity index is 1270. The zero-order valence-corrected chi connectivity index (χ0v) is 18.1. The van der Waals surface area contributed by atoms with Crippen molar-refractivity contribution >= 4 is 23.5 Å². The molecule has 6 atom stereocenters. The maximum atomic E-state index is 12.1. The summed E-state index contributed by atoms with van der Waals surface area (Å²) in [6.45, 7) is -2.52. The van der Waals surface area contributed by atoms with Crippen LogP contribution < -0.4 is 11.4 Å². The van der Waals surface area contributed by atoms with E-state index < -0.39 is 65.4 Å². The van der Waals surface area contributed by atoms with Crippen molar-refractivity contribution in [2.75, 3.05) is 6.56 Å². The third-order valence-corrected chi connectivity index (χ3v) is 7.08. The molecule has 0 spiro atoms. The van der Waals surface area contributed by atoms with Gasteiger partial charge in [-0.05, 0) is 6.92 Å². The number of nitrogens with zero attached hydrogens (tertiary/aromatic N) is 2. The minimum Gasteiger partial charge on any atom is -0.386 e. The average Bonchev–Trinajstić information content (AvgIpc) is 2.83. The summed E-state index contributed by atoms with van der Waals surface area (Å²) in [7, 11) is -17.8. The standard InChI is InChI=1S/C11H16N3O15P3/c1-2-3-11(18)7(15)6(27-8(11)14-5-12-9(16)13-10(14)17)4-26-31(22,23)29-32(24,25)28-30(19,20)21/h5-8,15,18H,4H2,1H3,(H,22,23)(H,24,25)(H,13,16,17)(H2,19,20,21)/t6-,7+,8-,11?/m1/s1/i4D2. The topological polar surface area (TPSA) is 277 Å². The molecule has 0 aromatic carbocycles. The highest BCUT2D eigenvalue weighted by atomic mass is 31.3. The molecule has 0 aliphatic carbocycles. The molecule has 2 rings (SSSR count). The van der Waals surface area contributed by atoms with Crippen LogP contribution in [0.4, 0.5) is 0 Å². The van der Waals surface area contributed by atoms with Gasteiger partial charge in [-0.25, -0.2) is 23.3 Å². The molecule has 1 aliphatic heterocycles. The molecule has 7 N–H and O–H groups in total. The summed E-state index contributed by atoms with van der Waals surface area (Å²) in [5.41, 5.74) is -5.16. The molecule has 0 radical (unpaired) electrons. The molecule has 180 valence electrons. The van der Waals surface area contributed by atoms with Gasteiger partial charge in [0.1, 0.15) is 18.5 Å². The SMILES string of the molecule is [2H]C([2H])(OP(=O)(O)OP(=O)(O)OP(=O)(O)O)[C@H]1O[C@@H](n2cnc(=O)[nH]c2=O)C(O)(C#CC)[C@H]1O. The van der Waals surface area contributed by atoms with Gasteiger partial charge in [-0.15, -0.1) is 5.92 Å². The Kier molecular flexibility index (Phi) is 6.92. The number of ether oxygens (including phenoxy) is 1. The second-order valence-corrected chi connectivity index (χ2v) is 10.1. The molecule has 18 nitrogen and oxygen atoms in total. The van der Waals surface area contributed by atoms with E-state index >= 15 is 0 Å². The average molecular weight is 525 g/mol. The zero-order valence-electron chi connectivity index (χ0n) is 17.4. The predicted octanol–water partition coefficient (Wildman–Crippen LogP) is -2.71. The Morgan fingerprint density at radius 1 is 1.28 bits per heavy atom. The molecule has 0 amide bonds. The third kappa shape index (κ3) is 6.50. The summed E-state index contributed by atoms with van der Waals surface area (Å²) in [5, 5.41) is 21.3. The lowest BCUT2D eigenvalue weighted by Crippen LogP contribution is -2.48. The van der Waals surface area contributed by atoms with Crippen LogP contribution in [0.2, 0.25) is 0 Å². The predicted molar refractivity (Wildman–Crippen MR) is 97.3 cm³/mol. The second kappa shape index (κ2) is 9.37. The fourth-order valence-corrected chi connectivity index (χ4v) is 5.21. The van der Waals surface area contributed by atoms with Crippen LogP contribution in [-0.4, -0.2) is 68.7 Å². The molecular weight excluding hydrogens is 507 g/mol. The number of phosphoric acid groups is 3. The fraction of sp³-hybridized carbons (Fsp3) is 0.545. The van der Waals surface area contributed by atoms with Gasteiger partial charge in [0.15, 0.2) is 11.8 Å². The molecule has 32 heavy (non-hydrogen) atoms. The summed E-state index contributed by atoms with van der Waals surface area (Å²) < 4.78 is 66.2. The van der Waals surface area contributed by atoms with Crippen LogP contribution in [0.3, 0.4) is 0 Å². The lowest BCUT2D eigenvalue weighted by Gasteiger charge is -2.26. The highest BCUT2D eigenvalue weighted by Crippen LogP contribution is 2.66. The van der Waals surface area contributed by atoms with Crippen LogP contribution in [-0.2, 0) is 31.6 Å². The maximum Gasteiger partial charge on any atom is 0.490 e. The number of aliphatic hydroxyl groups is 2. The summed E-state index contributed by atoms with van der Waals surface area (Å²) in [5.74, 6) is 4.25. The molecule has 1 aliphatic rings. The van der Waals surface area contributed by atoms with Crippen molar-refractivity contribution in [1.29, 1.82) is 0 Å². The van der Waals surface area contributed by atoms with E-state index in [2.05, 4.69) is 30.0 Å². The molecular formula is C11H16N3O15P3. The molecule has 21 heteroatoms. The monoisotopic (exact) mass is 525 g/mol. The Morgan fingerprint density at radius 2 is 1.91 bits per heavy atom. The summed E-state index contributed by atoms with van der Waals surface area (Å²) in [4.78, 5) is 63.9. The van der Waals surface area contributed by atoms with Crippen molar-refractivity contribution in [1.82, 2.24) is 14.5 Å². The summed E-state index contributed by atoms with van der Waals surface area (Å²) >= 11 is 0. The number of aromatic nitrogens is 3. The quantitative estimate of drug-likeness (QED) is 0.134. The largest absolute Gasteiger partial charge is 0.490 e. The first kappa shape index (κ1) is 23.6. The third-order valence-electron chi connectivity index (χ3n) is 3.42. The van der Waals surface area contributed by atoms with E-state index in [0.717, 1.165) is 0 Å². The Labute approximate surface area is 179 Å². The van der Waals surface area contributed by atoms with E-state index in [1.54, 1.807) is 4.98 Å². The number of aliphatic hydroxyl groups excluding tert-OH is 1. The second-order valence-electron chi connectivity index (χ2n) is 5.74. The smallest absolute Gasteiger partial charge is 0.386 e. The Morgan fingerprint density at radius 3 is 2.44 bits per heavy atom. The first-order valence-electron chi connectivity index (χ1n) is 8.75. The van der Waals surface area contributed by atoms with E-state index in [1.165, 1.54) is 6.92 Å². The number of rotatable bonds is 8. The summed E-state index contributed by atoms with van der Waals surface area (Å²) in [6.07, 6.45) is -6.46. The van der Waals surface area contributed by atoms with Gasteiger partial charge < -0.3 is 34.5 Å². The molecule has 3 unspecified atom stereocenters. The number of phosphoric ester groups is 1. The molecule has 1 aromatic heterocycles. The van der Waals surface area contributed by atoms with Gasteiger partial charge in [-0.1, -0.05) is 5.92 Å². The van der Waals surface area contributed by atoms with E-state index in [-0.39, 0.29) is 0 Å². The van der Waals surface area contributed by atoms with Crippen molar-refractivity contribution < 1.29 is 64.1 Å². The Hall–Kier alpha value is -1.54. The van der Waals surface area contributed by atoms with Crippen LogP contribution >= 0.6 is 23.5 Å². The highest BCUT2D eigenvalue weighted by Gasteiger charge is 2.56. The number of aromatic amines is 1. The van der Waals surface area contributed by atoms with Crippen LogP contribution in [0.1, 0.15) is 15.9 Å². The van der Waals surface area contributed by atoms with E-state index in [0.29, 0.717) is 10.9 Å². The van der Waals surface area contributed by atoms with Crippen LogP contribution in [0, 0.1) is 11.8 Å².